The number of hydrogen-bond donors (Lipinski definition) is 1. The standard InChI is InChI=1S/C17H17FN6OS/c18-12-1-3-13(4-2-12)23-5-7-24(8-6-23)14(25)9-26-17-15-16(20-10-19-15)21-11-22-17/h1-4,10-11H,5-9H2,(H,19,20,21,22). The van der Waals surface area contributed by atoms with Crippen LogP contribution in [0.4, 0.5) is 10.1 Å². The van der Waals surface area contributed by atoms with Crippen LogP contribution in [0, 0.1) is 5.82 Å². The predicted octanol–water partition coefficient (Wildman–Crippen LogP) is 1.93. The van der Waals surface area contributed by atoms with E-state index < -0.39 is 0 Å². The quantitative estimate of drug-likeness (QED) is 0.557. The van der Waals surface area contributed by atoms with Crippen LogP contribution in [0.2, 0.25) is 0 Å². The highest BCUT2D eigenvalue weighted by Gasteiger charge is 2.22. The number of nitrogens with zero attached hydrogens (tertiary/aromatic N) is 5. The van der Waals surface area contributed by atoms with E-state index in [1.165, 1.54) is 30.2 Å². The zero-order chi connectivity index (χ0) is 17.9. The Labute approximate surface area is 153 Å². The van der Waals surface area contributed by atoms with Crippen molar-refractivity contribution >= 4 is 34.5 Å². The number of H-pyrrole nitrogens is 1. The summed E-state index contributed by atoms with van der Waals surface area (Å²) < 4.78 is 13.0. The van der Waals surface area contributed by atoms with E-state index in [0.29, 0.717) is 24.5 Å². The van der Waals surface area contributed by atoms with Gasteiger partial charge in [-0.25, -0.2) is 19.3 Å². The van der Waals surface area contributed by atoms with Crippen molar-refractivity contribution in [2.45, 2.75) is 5.03 Å². The number of fused-ring (bicyclic) bond motifs is 1. The van der Waals surface area contributed by atoms with Crippen LogP contribution in [0.25, 0.3) is 11.2 Å². The number of halogens is 1. The van der Waals surface area contributed by atoms with Gasteiger partial charge in [0.1, 0.15) is 22.7 Å². The third-order valence-corrected chi connectivity index (χ3v) is 5.32. The van der Waals surface area contributed by atoms with E-state index in [1.54, 1.807) is 18.5 Å². The molecule has 134 valence electrons. The molecule has 3 aromatic rings. The molecule has 1 fully saturated rings. The molecule has 0 aliphatic carbocycles. The molecule has 0 unspecified atom stereocenters. The summed E-state index contributed by atoms with van der Waals surface area (Å²) in [7, 11) is 0. The number of carbonyl (C=O) groups is 1. The SMILES string of the molecule is O=C(CSc1ncnc2nc[nH]c12)N1CCN(c2ccc(F)cc2)CC1. The lowest BCUT2D eigenvalue weighted by Crippen LogP contribution is -2.49. The van der Waals surface area contributed by atoms with E-state index in [1.807, 2.05) is 4.90 Å². The molecule has 1 aliphatic heterocycles. The number of aromatic nitrogens is 4. The Morgan fingerprint density at radius 2 is 1.88 bits per heavy atom. The van der Waals surface area contributed by atoms with Crippen molar-refractivity contribution in [3.63, 3.8) is 0 Å². The van der Waals surface area contributed by atoms with Crippen LogP contribution in [0.5, 0.6) is 0 Å². The van der Waals surface area contributed by atoms with Crippen LogP contribution in [-0.2, 0) is 4.79 Å². The second kappa shape index (κ2) is 7.28. The second-order valence-electron chi connectivity index (χ2n) is 5.91. The van der Waals surface area contributed by atoms with Gasteiger partial charge < -0.3 is 14.8 Å². The Balaban J connectivity index is 1.32. The predicted molar refractivity (Wildman–Crippen MR) is 97.6 cm³/mol. The summed E-state index contributed by atoms with van der Waals surface area (Å²) in [4.78, 5) is 31.9. The van der Waals surface area contributed by atoms with E-state index in [-0.39, 0.29) is 11.7 Å². The van der Waals surface area contributed by atoms with Crippen LogP contribution < -0.4 is 4.90 Å². The molecular formula is C17H17FN6OS. The molecule has 1 aromatic carbocycles. The lowest BCUT2D eigenvalue weighted by molar-refractivity contribution is -0.128. The number of imidazole rings is 1. The van der Waals surface area contributed by atoms with Gasteiger partial charge in [-0.2, -0.15) is 0 Å². The van der Waals surface area contributed by atoms with Gasteiger partial charge in [0.15, 0.2) is 5.65 Å². The molecule has 0 radical (unpaired) electrons. The Morgan fingerprint density at radius 3 is 2.65 bits per heavy atom. The summed E-state index contributed by atoms with van der Waals surface area (Å²) >= 11 is 1.39. The lowest BCUT2D eigenvalue weighted by Gasteiger charge is -2.36. The second-order valence-corrected chi connectivity index (χ2v) is 6.88. The smallest absolute Gasteiger partial charge is 0.233 e. The zero-order valence-electron chi connectivity index (χ0n) is 13.9. The first-order valence-electron chi connectivity index (χ1n) is 8.26. The third kappa shape index (κ3) is 3.48. The van der Waals surface area contributed by atoms with Crippen molar-refractivity contribution in [3.05, 3.63) is 42.7 Å². The van der Waals surface area contributed by atoms with Crippen LogP contribution in [0.1, 0.15) is 0 Å². The van der Waals surface area contributed by atoms with Gasteiger partial charge in [-0.15, -0.1) is 0 Å². The van der Waals surface area contributed by atoms with Crippen LogP contribution in [0.3, 0.4) is 0 Å². The number of thioether (sulfide) groups is 1. The molecule has 0 atom stereocenters. The maximum atomic E-state index is 13.0. The minimum Gasteiger partial charge on any atom is -0.368 e. The van der Waals surface area contributed by atoms with Gasteiger partial charge in [-0.1, -0.05) is 11.8 Å². The van der Waals surface area contributed by atoms with E-state index >= 15 is 0 Å². The first kappa shape index (κ1) is 16.8. The number of benzene rings is 1. The van der Waals surface area contributed by atoms with Crippen LogP contribution in [0.15, 0.2) is 41.9 Å². The average Bonchev–Trinajstić information content (AvgIpc) is 3.16. The summed E-state index contributed by atoms with van der Waals surface area (Å²) in [5.74, 6) is 0.164. The molecule has 1 N–H and O–H groups in total. The summed E-state index contributed by atoms with van der Waals surface area (Å²) in [6, 6.07) is 6.46. The Bertz CT molecular complexity index is 907. The molecule has 3 heterocycles. The summed E-state index contributed by atoms with van der Waals surface area (Å²) in [6.07, 6.45) is 3.03. The van der Waals surface area contributed by atoms with Crippen LogP contribution >= 0.6 is 11.8 Å². The number of hydrogen-bond acceptors (Lipinski definition) is 6. The minimum absolute atomic E-state index is 0.0834. The number of anilines is 1. The van der Waals surface area contributed by atoms with Crippen molar-refractivity contribution in [2.75, 3.05) is 36.8 Å². The molecule has 1 aliphatic rings. The highest BCUT2D eigenvalue weighted by Crippen LogP contribution is 2.23. The highest BCUT2D eigenvalue weighted by atomic mass is 32.2. The number of rotatable bonds is 4. The Hall–Kier alpha value is -2.68. The molecule has 26 heavy (non-hydrogen) atoms. The molecular weight excluding hydrogens is 355 g/mol. The fourth-order valence-electron chi connectivity index (χ4n) is 2.94. The fraction of sp³-hybridized carbons (Fsp3) is 0.294. The van der Waals surface area contributed by atoms with Crippen molar-refractivity contribution in [1.29, 1.82) is 0 Å². The topological polar surface area (TPSA) is 78.0 Å². The van der Waals surface area contributed by atoms with Gasteiger partial charge >= 0.3 is 0 Å². The number of aromatic amines is 1. The molecule has 7 nitrogen and oxygen atoms in total. The van der Waals surface area contributed by atoms with E-state index in [9.17, 15) is 9.18 Å². The maximum Gasteiger partial charge on any atom is 0.233 e. The maximum absolute atomic E-state index is 13.0. The van der Waals surface area contributed by atoms with Crippen molar-refractivity contribution in [2.24, 2.45) is 0 Å². The number of carbonyl (C=O) groups excluding carboxylic acids is 1. The number of piperazine rings is 1. The van der Waals surface area contributed by atoms with E-state index in [0.717, 1.165) is 29.3 Å². The van der Waals surface area contributed by atoms with Gasteiger partial charge in [0.05, 0.1) is 12.1 Å². The zero-order valence-corrected chi connectivity index (χ0v) is 14.7. The highest BCUT2D eigenvalue weighted by molar-refractivity contribution is 8.00. The molecule has 0 bridgehead atoms. The van der Waals surface area contributed by atoms with Crippen molar-refractivity contribution in [1.82, 2.24) is 24.8 Å². The van der Waals surface area contributed by atoms with E-state index in [2.05, 4.69) is 24.8 Å². The Kier molecular flexibility index (Phi) is 4.70. The first-order chi connectivity index (χ1) is 12.7. The van der Waals surface area contributed by atoms with Gasteiger partial charge in [0.2, 0.25) is 5.91 Å². The largest absolute Gasteiger partial charge is 0.368 e. The van der Waals surface area contributed by atoms with Gasteiger partial charge in [0, 0.05) is 31.9 Å². The number of amides is 1. The van der Waals surface area contributed by atoms with Gasteiger partial charge in [0.25, 0.3) is 0 Å². The normalized spacial score (nSPS) is 14.8. The molecule has 0 spiro atoms. The van der Waals surface area contributed by atoms with Crippen LogP contribution in [-0.4, -0.2) is 62.7 Å². The monoisotopic (exact) mass is 372 g/mol. The first-order valence-corrected chi connectivity index (χ1v) is 9.24. The fourth-order valence-corrected chi connectivity index (χ4v) is 3.80. The van der Waals surface area contributed by atoms with E-state index in [4.69, 9.17) is 0 Å². The summed E-state index contributed by atoms with van der Waals surface area (Å²) in [6.45, 7) is 2.78. The average molecular weight is 372 g/mol. The molecule has 1 saturated heterocycles. The molecule has 4 rings (SSSR count). The molecule has 1 amide bonds. The lowest BCUT2D eigenvalue weighted by atomic mass is 10.2. The van der Waals surface area contributed by atoms with Gasteiger partial charge in [-0.05, 0) is 24.3 Å². The van der Waals surface area contributed by atoms with Gasteiger partial charge in [-0.3, -0.25) is 4.79 Å². The minimum atomic E-state index is -0.240. The summed E-state index contributed by atoms with van der Waals surface area (Å²) in [5, 5.41) is 0.728. The third-order valence-electron chi connectivity index (χ3n) is 4.34. The summed E-state index contributed by atoms with van der Waals surface area (Å²) in [5.41, 5.74) is 2.34. The molecule has 0 saturated carbocycles. The Morgan fingerprint density at radius 1 is 1.12 bits per heavy atom. The number of nitrogens with one attached hydrogen (secondary N) is 1. The molecule has 2 aromatic heterocycles. The van der Waals surface area contributed by atoms with Crippen molar-refractivity contribution in [3.8, 4) is 0 Å². The molecule has 9 heteroatoms. The van der Waals surface area contributed by atoms with Crippen molar-refractivity contribution < 1.29 is 9.18 Å².